The third-order valence-corrected chi connectivity index (χ3v) is 6.29. The Morgan fingerprint density at radius 3 is 2.37 bits per heavy atom. The first-order valence-corrected chi connectivity index (χ1v) is 9.84. The van der Waals surface area contributed by atoms with E-state index in [9.17, 15) is 19.8 Å². The summed E-state index contributed by atoms with van der Waals surface area (Å²) in [7, 11) is 3.35. The third kappa shape index (κ3) is 3.48. The van der Waals surface area contributed by atoms with E-state index in [2.05, 4.69) is 0 Å². The van der Waals surface area contributed by atoms with Crippen LogP contribution < -0.4 is 4.74 Å². The Hall–Kier alpha value is -3.12. The zero-order chi connectivity index (χ0) is 21.9. The average Bonchev–Trinajstić information content (AvgIpc) is 2.73. The number of carboxylic acid groups (broad SMARTS) is 2. The first-order chi connectivity index (χ1) is 14.2. The second-order valence-electron chi connectivity index (χ2n) is 7.93. The summed E-state index contributed by atoms with van der Waals surface area (Å²) in [6.45, 7) is 2.05. The number of carbonyl (C=O) groups is 2. The third-order valence-electron chi connectivity index (χ3n) is 6.29. The zero-order valence-electron chi connectivity index (χ0n) is 17.4. The first kappa shape index (κ1) is 21.6. The quantitative estimate of drug-likeness (QED) is 0.680. The normalized spacial score (nSPS) is 25.8. The number of nitrogens with zero attached hydrogens (tertiary/aromatic N) is 1. The molecule has 0 amide bonds. The van der Waals surface area contributed by atoms with Gasteiger partial charge in [-0.25, -0.2) is 0 Å². The highest BCUT2D eigenvalue weighted by Gasteiger charge is 2.59. The van der Waals surface area contributed by atoms with Gasteiger partial charge in [0.15, 0.2) is 0 Å². The van der Waals surface area contributed by atoms with Crippen molar-refractivity contribution in [3.8, 4) is 5.75 Å². The SMILES string of the molecule is CC1C(C(=O)O)(c2cccc(OCc3ccccc3)c2)C=CCC1(C(=O)O)N(C)C. The molecule has 2 N–H and O–H groups in total. The summed E-state index contributed by atoms with van der Waals surface area (Å²) >= 11 is 0. The fraction of sp³-hybridized carbons (Fsp3) is 0.333. The van der Waals surface area contributed by atoms with Crippen LogP contribution in [-0.2, 0) is 21.6 Å². The van der Waals surface area contributed by atoms with Crippen LogP contribution in [0.3, 0.4) is 0 Å². The van der Waals surface area contributed by atoms with Crippen LogP contribution in [-0.4, -0.2) is 46.7 Å². The fourth-order valence-electron chi connectivity index (χ4n) is 4.47. The lowest BCUT2D eigenvalue weighted by Crippen LogP contribution is -2.64. The maximum Gasteiger partial charge on any atom is 0.324 e. The number of benzene rings is 2. The predicted octanol–water partition coefficient (Wildman–Crippen LogP) is 3.57. The van der Waals surface area contributed by atoms with E-state index in [0.717, 1.165) is 5.56 Å². The Balaban J connectivity index is 2.02. The number of carboxylic acids is 2. The van der Waals surface area contributed by atoms with Crippen molar-refractivity contribution in [3.63, 3.8) is 0 Å². The van der Waals surface area contributed by atoms with E-state index in [0.29, 0.717) is 17.9 Å². The van der Waals surface area contributed by atoms with Gasteiger partial charge in [-0.1, -0.05) is 61.5 Å². The van der Waals surface area contributed by atoms with Crippen molar-refractivity contribution in [1.82, 2.24) is 4.90 Å². The predicted molar refractivity (Wildman–Crippen MR) is 114 cm³/mol. The molecule has 6 heteroatoms. The monoisotopic (exact) mass is 409 g/mol. The Kier molecular flexibility index (Phi) is 5.99. The molecular formula is C24H27NO5. The lowest BCUT2D eigenvalue weighted by atomic mass is 9.58. The molecule has 1 aliphatic carbocycles. The summed E-state index contributed by atoms with van der Waals surface area (Å²) < 4.78 is 5.89. The topological polar surface area (TPSA) is 87.1 Å². The lowest BCUT2D eigenvalue weighted by Gasteiger charge is -2.49. The maximum atomic E-state index is 12.6. The van der Waals surface area contributed by atoms with E-state index in [1.165, 1.54) is 0 Å². The summed E-state index contributed by atoms with van der Waals surface area (Å²) in [5.41, 5.74) is -1.34. The van der Waals surface area contributed by atoms with Crippen molar-refractivity contribution in [3.05, 3.63) is 77.9 Å². The fourth-order valence-corrected chi connectivity index (χ4v) is 4.47. The molecule has 0 aromatic heterocycles. The Morgan fingerprint density at radius 2 is 1.77 bits per heavy atom. The molecule has 3 rings (SSSR count). The standard InChI is InChI=1S/C24H27NO5/c1-17-23(21(26)27,13-8-14-24(17,22(28)29)25(2)3)19-11-7-12-20(15-19)30-16-18-9-5-4-6-10-18/h4-13,15,17H,14,16H2,1-3H3,(H,26,27)(H,28,29). The molecule has 3 atom stereocenters. The van der Waals surface area contributed by atoms with Crippen molar-refractivity contribution < 1.29 is 24.5 Å². The van der Waals surface area contributed by atoms with Gasteiger partial charge in [0.25, 0.3) is 0 Å². The van der Waals surface area contributed by atoms with Gasteiger partial charge in [-0.3, -0.25) is 14.5 Å². The zero-order valence-corrected chi connectivity index (χ0v) is 17.4. The smallest absolute Gasteiger partial charge is 0.324 e. The number of ether oxygens (including phenoxy) is 1. The Bertz CT molecular complexity index is 955. The van der Waals surface area contributed by atoms with Gasteiger partial charge in [0, 0.05) is 5.92 Å². The maximum absolute atomic E-state index is 12.6. The largest absolute Gasteiger partial charge is 0.489 e. The van der Waals surface area contributed by atoms with Gasteiger partial charge in [0.05, 0.1) is 0 Å². The van der Waals surface area contributed by atoms with Gasteiger partial charge in [-0.05, 0) is 43.8 Å². The molecule has 1 aliphatic rings. The van der Waals surface area contributed by atoms with E-state index in [-0.39, 0.29) is 6.42 Å². The van der Waals surface area contributed by atoms with E-state index >= 15 is 0 Å². The highest BCUT2D eigenvalue weighted by Crippen LogP contribution is 2.47. The van der Waals surface area contributed by atoms with Crippen molar-refractivity contribution >= 4 is 11.9 Å². The van der Waals surface area contributed by atoms with Gasteiger partial charge in [0.2, 0.25) is 0 Å². The summed E-state index contributed by atoms with van der Waals surface area (Å²) in [5, 5.41) is 20.4. The average molecular weight is 409 g/mol. The minimum atomic E-state index is -1.49. The van der Waals surface area contributed by atoms with Crippen LogP contribution in [0, 0.1) is 5.92 Å². The van der Waals surface area contributed by atoms with Gasteiger partial charge >= 0.3 is 11.9 Å². The molecule has 3 unspecified atom stereocenters. The van der Waals surface area contributed by atoms with Crippen LogP contribution >= 0.6 is 0 Å². The van der Waals surface area contributed by atoms with Crippen LogP contribution in [0.4, 0.5) is 0 Å². The van der Waals surface area contributed by atoms with Gasteiger partial charge in [-0.15, -0.1) is 0 Å². The van der Waals surface area contributed by atoms with Gasteiger partial charge in [-0.2, -0.15) is 0 Å². The molecule has 0 radical (unpaired) electrons. The molecule has 0 heterocycles. The molecule has 2 aromatic rings. The van der Waals surface area contributed by atoms with Gasteiger partial charge < -0.3 is 14.9 Å². The summed E-state index contributed by atoms with van der Waals surface area (Å²) in [6.07, 6.45) is 3.52. The van der Waals surface area contributed by atoms with Crippen LogP contribution in [0.1, 0.15) is 24.5 Å². The van der Waals surface area contributed by atoms with Crippen molar-refractivity contribution in [1.29, 1.82) is 0 Å². The number of hydrogen-bond donors (Lipinski definition) is 2. The van der Waals surface area contributed by atoms with Crippen molar-refractivity contribution in [2.45, 2.75) is 30.9 Å². The molecule has 0 aliphatic heterocycles. The first-order valence-electron chi connectivity index (χ1n) is 9.84. The van der Waals surface area contributed by atoms with E-state index < -0.39 is 28.8 Å². The Labute approximate surface area is 176 Å². The van der Waals surface area contributed by atoms with E-state index in [4.69, 9.17) is 4.74 Å². The molecule has 0 saturated carbocycles. The van der Waals surface area contributed by atoms with Crippen molar-refractivity contribution in [2.75, 3.05) is 14.1 Å². The van der Waals surface area contributed by atoms with Crippen LogP contribution in [0.25, 0.3) is 0 Å². The molecule has 0 spiro atoms. The minimum Gasteiger partial charge on any atom is -0.489 e. The molecule has 0 saturated heterocycles. The summed E-state index contributed by atoms with van der Waals surface area (Å²) in [6, 6.07) is 16.6. The molecule has 2 aromatic carbocycles. The summed E-state index contributed by atoms with van der Waals surface area (Å²) in [5.74, 6) is -2.32. The van der Waals surface area contributed by atoms with Crippen LogP contribution in [0.15, 0.2) is 66.7 Å². The number of rotatable bonds is 7. The second kappa shape index (κ2) is 8.32. The number of likely N-dealkylation sites (N-methyl/N-ethyl adjacent to an activating group) is 1. The van der Waals surface area contributed by atoms with E-state index in [1.807, 2.05) is 30.3 Å². The molecule has 6 nitrogen and oxygen atoms in total. The molecular weight excluding hydrogens is 382 g/mol. The highest BCUT2D eigenvalue weighted by atomic mass is 16.5. The molecule has 158 valence electrons. The van der Waals surface area contributed by atoms with Crippen molar-refractivity contribution in [2.24, 2.45) is 5.92 Å². The summed E-state index contributed by atoms with van der Waals surface area (Å²) in [4.78, 5) is 26.5. The van der Waals surface area contributed by atoms with Crippen LogP contribution in [0.5, 0.6) is 5.75 Å². The lowest BCUT2D eigenvalue weighted by molar-refractivity contribution is -0.159. The molecule has 30 heavy (non-hydrogen) atoms. The minimum absolute atomic E-state index is 0.232. The van der Waals surface area contributed by atoms with E-state index in [1.54, 1.807) is 62.3 Å². The second-order valence-corrected chi connectivity index (χ2v) is 7.93. The van der Waals surface area contributed by atoms with Gasteiger partial charge in [0.1, 0.15) is 23.3 Å². The van der Waals surface area contributed by atoms with Crippen LogP contribution in [0.2, 0.25) is 0 Å². The Morgan fingerprint density at radius 1 is 1.07 bits per heavy atom. The molecule has 0 bridgehead atoms. The number of aliphatic carboxylic acids is 2. The number of hydrogen-bond acceptors (Lipinski definition) is 4. The highest BCUT2D eigenvalue weighted by molar-refractivity contribution is 5.89. The molecule has 0 fully saturated rings.